The third-order valence-corrected chi connectivity index (χ3v) is 3.87. The Morgan fingerprint density at radius 1 is 1.08 bits per heavy atom. The van der Waals surface area contributed by atoms with Crippen molar-refractivity contribution in [1.82, 2.24) is 5.16 Å². The number of aromatic nitrogens is 1. The zero-order valence-corrected chi connectivity index (χ0v) is 14.2. The van der Waals surface area contributed by atoms with E-state index < -0.39 is 5.97 Å². The van der Waals surface area contributed by atoms with E-state index in [4.69, 9.17) is 14.0 Å². The van der Waals surface area contributed by atoms with Gasteiger partial charge in [0.05, 0.1) is 25.0 Å². The third kappa shape index (κ3) is 3.10. The Morgan fingerprint density at radius 2 is 1.80 bits per heavy atom. The summed E-state index contributed by atoms with van der Waals surface area (Å²) in [6.07, 6.45) is 0. The Bertz CT molecular complexity index is 958. The van der Waals surface area contributed by atoms with Gasteiger partial charge in [-0.25, -0.2) is 9.59 Å². The van der Waals surface area contributed by atoms with Gasteiger partial charge in [0.1, 0.15) is 5.56 Å². The van der Waals surface area contributed by atoms with Crippen LogP contribution in [-0.4, -0.2) is 30.8 Å². The van der Waals surface area contributed by atoms with E-state index in [0.29, 0.717) is 28.1 Å². The molecule has 3 aromatic rings. The average Bonchev–Trinajstić information content (AvgIpc) is 3.02. The van der Waals surface area contributed by atoms with Crippen molar-refractivity contribution < 1.29 is 23.6 Å². The topological polar surface area (TPSA) is 78.6 Å². The van der Waals surface area contributed by atoms with Crippen molar-refractivity contribution in [2.75, 3.05) is 13.7 Å². The van der Waals surface area contributed by atoms with Gasteiger partial charge >= 0.3 is 11.9 Å². The molecule has 0 spiro atoms. The first kappa shape index (κ1) is 16.7. The number of esters is 2. The highest BCUT2D eigenvalue weighted by Gasteiger charge is 2.23. The lowest BCUT2D eigenvalue weighted by Gasteiger charge is -2.06. The zero-order chi connectivity index (χ0) is 18.0. The average molecular weight is 339 g/mol. The summed E-state index contributed by atoms with van der Waals surface area (Å²) in [7, 11) is 1.35. The van der Waals surface area contributed by atoms with Crippen molar-refractivity contribution in [1.29, 1.82) is 0 Å². The van der Waals surface area contributed by atoms with Crippen LogP contribution < -0.4 is 0 Å². The van der Waals surface area contributed by atoms with Crippen LogP contribution in [0.3, 0.4) is 0 Å². The first-order chi connectivity index (χ1) is 12.0. The SMILES string of the molecule is CCOC(=O)c1c(C)noc1-c1ccc2cc(C(=O)OC)ccc2c1. The molecule has 0 unspecified atom stereocenters. The molecule has 0 aliphatic rings. The van der Waals surface area contributed by atoms with Gasteiger partial charge in [-0.3, -0.25) is 0 Å². The number of carbonyl (C=O) groups excluding carboxylic acids is 2. The molecule has 2 aromatic carbocycles. The number of methoxy groups -OCH3 is 1. The molecule has 0 aliphatic carbocycles. The fraction of sp³-hybridized carbons (Fsp3) is 0.211. The summed E-state index contributed by atoms with van der Waals surface area (Å²) in [4.78, 5) is 23.8. The van der Waals surface area contributed by atoms with Crippen molar-refractivity contribution in [2.24, 2.45) is 0 Å². The molecular formula is C19H17NO5. The highest BCUT2D eigenvalue weighted by Crippen LogP contribution is 2.30. The van der Waals surface area contributed by atoms with Gasteiger partial charge in [-0.1, -0.05) is 23.4 Å². The fourth-order valence-electron chi connectivity index (χ4n) is 2.64. The molecule has 3 rings (SSSR count). The smallest absolute Gasteiger partial charge is 0.344 e. The van der Waals surface area contributed by atoms with E-state index in [1.165, 1.54) is 7.11 Å². The van der Waals surface area contributed by atoms with Gasteiger partial charge in [0.25, 0.3) is 0 Å². The maximum absolute atomic E-state index is 12.2. The lowest BCUT2D eigenvalue weighted by atomic mass is 10.0. The van der Waals surface area contributed by atoms with E-state index in [9.17, 15) is 9.59 Å². The van der Waals surface area contributed by atoms with E-state index in [-0.39, 0.29) is 12.6 Å². The Balaban J connectivity index is 2.06. The van der Waals surface area contributed by atoms with Crippen molar-refractivity contribution in [3.8, 4) is 11.3 Å². The molecule has 0 amide bonds. The van der Waals surface area contributed by atoms with Crippen molar-refractivity contribution in [2.45, 2.75) is 13.8 Å². The summed E-state index contributed by atoms with van der Waals surface area (Å²) >= 11 is 0. The Morgan fingerprint density at radius 3 is 2.52 bits per heavy atom. The predicted octanol–water partition coefficient (Wildman–Crippen LogP) is 3.77. The van der Waals surface area contributed by atoms with E-state index >= 15 is 0 Å². The molecule has 0 bridgehead atoms. The van der Waals surface area contributed by atoms with Crippen LogP contribution in [0.25, 0.3) is 22.1 Å². The fourth-order valence-corrected chi connectivity index (χ4v) is 2.64. The second kappa shape index (κ2) is 6.76. The largest absolute Gasteiger partial charge is 0.465 e. The molecule has 0 radical (unpaired) electrons. The Labute approximate surface area is 144 Å². The van der Waals surface area contributed by atoms with E-state index in [0.717, 1.165) is 10.8 Å². The molecule has 6 nitrogen and oxygen atoms in total. The van der Waals surface area contributed by atoms with Gasteiger partial charge in [0.2, 0.25) is 0 Å². The van der Waals surface area contributed by atoms with Gasteiger partial charge in [-0.2, -0.15) is 0 Å². The second-order valence-corrected chi connectivity index (χ2v) is 5.46. The molecular weight excluding hydrogens is 322 g/mol. The van der Waals surface area contributed by atoms with Crippen LogP contribution in [0, 0.1) is 6.92 Å². The molecule has 6 heteroatoms. The summed E-state index contributed by atoms with van der Waals surface area (Å²) in [6.45, 7) is 3.72. The predicted molar refractivity (Wildman–Crippen MR) is 91.5 cm³/mol. The summed E-state index contributed by atoms with van der Waals surface area (Å²) in [5, 5.41) is 5.66. The maximum Gasteiger partial charge on any atom is 0.344 e. The highest BCUT2D eigenvalue weighted by molar-refractivity contribution is 5.99. The molecule has 128 valence electrons. The molecule has 0 N–H and O–H groups in total. The minimum absolute atomic E-state index is 0.275. The number of nitrogens with zero attached hydrogens (tertiary/aromatic N) is 1. The Kier molecular flexibility index (Phi) is 4.52. The van der Waals surface area contributed by atoms with Crippen molar-refractivity contribution >= 4 is 22.7 Å². The quantitative estimate of drug-likeness (QED) is 0.673. The molecule has 0 saturated heterocycles. The van der Waals surface area contributed by atoms with E-state index in [1.54, 1.807) is 26.0 Å². The van der Waals surface area contributed by atoms with Crippen LogP contribution in [0.5, 0.6) is 0 Å². The number of aryl methyl sites for hydroxylation is 1. The first-order valence-electron chi connectivity index (χ1n) is 7.81. The van der Waals surface area contributed by atoms with Crippen LogP contribution in [-0.2, 0) is 9.47 Å². The zero-order valence-electron chi connectivity index (χ0n) is 14.2. The third-order valence-electron chi connectivity index (χ3n) is 3.87. The number of hydrogen-bond acceptors (Lipinski definition) is 6. The Hall–Kier alpha value is -3.15. The summed E-state index contributed by atoms with van der Waals surface area (Å²) < 4.78 is 15.2. The molecule has 1 aromatic heterocycles. The molecule has 0 atom stereocenters. The molecule has 1 heterocycles. The summed E-state index contributed by atoms with van der Waals surface area (Å²) in [5.41, 5.74) is 1.99. The van der Waals surface area contributed by atoms with Crippen molar-refractivity contribution in [3.05, 3.63) is 53.2 Å². The lowest BCUT2D eigenvalue weighted by molar-refractivity contribution is 0.0525. The molecule has 0 saturated carbocycles. The van der Waals surface area contributed by atoms with Crippen LogP contribution >= 0.6 is 0 Å². The van der Waals surface area contributed by atoms with Crippen LogP contribution in [0.15, 0.2) is 40.9 Å². The molecule has 25 heavy (non-hydrogen) atoms. The standard InChI is InChI=1S/C19H17NO5/c1-4-24-19(22)16-11(2)20-25-17(16)14-7-5-13-10-15(18(21)23-3)8-6-12(13)9-14/h5-10H,4H2,1-3H3. The van der Waals surface area contributed by atoms with Gasteiger partial charge in [0.15, 0.2) is 5.76 Å². The lowest BCUT2D eigenvalue weighted by Crippen LogP contribution is -2.06. The van der Waals surface area contributed by atoms with Crippen LogP contribution in [0.1, 0.15) is 33.3 Å². The second-order valence-electron chi connectivity index (χ2n) is 5.46. The van der Waals surface area contributed by atoms with E-state index in [1.807, 2.05) is 24.3 Å². The minimum atomic E-state index is -0.461. The van der Waals surface area contributed by atoms with Gasteiger partial charge in [-0.15, -0.1) is 0 Å². The normalized spacial score (nSPS) is 10.7. The highest BCUT2D eigenvalue weighted by atomic mass is 16.5. The molecule has 0 fully saturated rings. The number of fused-ring (bicyclic) bond motifs is 1. The van der Waals surface area contributed by atoms with Gasteiger partial charge < -0.3 is 14.0 Å². The molecule has 0 aliphatic heterocycles. The monoisotopic (exact) mass is 339 g/mol. The van der Waals surface area contributed by atoms with Crippen LogP contribution in [0.2, 0.25) is 0 Å². The summed E-state index contributed by atoms with van der Waals surface area (Å²) in [6, 6.07) is 10.8. The number of hydrogen-bond donors (Lipinski definition) is 0. The van der Waals surface area contributed by atoms with Gasteiger partial charge in [-0.05, 0) is 42.8 Å². The first-order valence-corrected chi connectivity index (χ1v) is 7.81. The number of ether oxygens (including phenoxy) is 2. The number of benzene rings is 2. The number of carbonyl (C=O) groups is 2. The van der Waals surface area contributed by atoms with Crippen LogP contribution in [0.4, 0.5) is 0 Å². The number of rotatable bonds is 4. The summed E-state index contributed by atoms with van der Waals surface area (Å²) in [5.74, 6) is -0.478. The van der Waals surface area contributed by atoms with Gasteiger partial charge in [0, 0.05) is 5.56 Å². The van der Waals surface area contributed by atoms with Crippen molar-refractivity contribution in [3.63, 3.8) is 0 Å². The maximum atomic E-state index is 12.2. The minimum Gasteiger partial charge on any atom is -0.465 e. The van der Waals surface area contributed by atoms with E-state index in [2.05, 4.69) is 5.16 Å².